The molecule has 2 heterocycles. The van der Waals surface area contributed by atoms with Crippen molar-refractivity contribution in [1.82, 2.24) is 4.90 Å². The van der Waals surface area contributed by atoms with Crippen LogP contribution in [0, 0.1) is 5.41 Å². The minimum absolute atomic E-state index is 0.0677. The highest BCUT2D eigenvalue weighted by molar-refractivity contribution is 6.08. The van der Waals surface area contributed by atoms with Gasteiger partial charge in [-0.1, -0.05) is 18.2 Å². The zero-order valence-electron chi connectivity index (χ0n) is 17.7. The summed E-state index contributed by atoms with van der Waals surface area (Å²) in [4.78, 5) is 20.9. The van der Waals surface area contributed by atoms with Gasteiger partial charge in [0.2, 0.25) is 0 Å². The third-order valence-corrected chi connectivity index (χ3v) is 8.38. The van der Waals surface area contributed by atoms with Crippen molar-refractivity contribution in [3.05, 3.63) is 34.9 Å². The van der Waals surface area contributed by atoms with Gasteiger partial charge in [-0.05, 0) is 74.0 Å². The van der Waals surface area contributed by atoms with E-state index in [2.05, 4.69) is 18.2 Å². The van der Waals surface area contributed by atoms with Crippen molar-refractivity contribution in [2.24, 2.45) is 16.1 Å². The van der Waals surface area contributed by atoms with Gasteiger partial charge >= 0.3 is 0 Å². The number of carbonyl (C=O) groups excluding carboxylic acids is 1. The molecule has 1 amide bonds. The third kappa shape index (κ3) is 2.50. The number of methoxy groups -OCH3 is 1. The highest BCUT2D eigenvalue weighted by Crippen LogP contribution is 2.62. The van der Waals surface area contributed by atoms with Crippen LogP contribution in [0.5, 0.6) is 0 Å². The summed E-state index contributed by atoms with van der Waals surface area (Å²) in [5, 5.41) is 0. The molecule has 3 aliphatic carbocycles. The number of carbonyl (C=O) groups is 1. The highest BCUT2D eigenvalue weighted by atomic mass is 16.5. The van der Waals surface area contributed by atoms with Crippen molar-refractivity contribution in [2.45, 2.75) is 75.0 Å². The van der Waals surface area contributed by atoms with Crippen LogP contribution < -0.4 is 5.73 Å². The van der Waals surface area contributed by atoms with Gasteiger partial charge in [-0.3, -0.25) is 9.69 Å². The second-order valence-electron chi connectivity index (χ2n) is 9.96. The topological polar surface area (TPSA) is 77.2 Å². The van der Waals surface area contributed by atoms with Crippen LogP contribution in [-0.2, 0) is 26.2 Å². The number of hydrogen-bond donors (Lipinski definition) is 1. The van der Waals surface area contributed by atoms with Gasteiger partial charge in [0.15, 0.2) is 11.5 Å². The largest absolute Gasteiger partial charge is 0.381 e. The van der Waals surface area contributed by atoms with Crippen LogP contribution in [0.25, 0.3) is 0 Å². The van der Waals surface area contributed by atoms with Crippen molar-refractivity contribution in [3.8, 4) is 0 Å². The molecular formula is C24H31N3O3. The van der Waals surface area contributed by atoms with E-state index in [1.807, 2.05) is 0 Å². The van der Waals surface area contributed by atoms with Crippen molar-refractivity contribution in [1.29, 1.82) is 0 Å². The van der Waals surface area contributed by atoms with Gasteiger partial charge in [0.25, 0.3) is 5.91 Å². The lowest BCUT2D eigenvalue weighted by Crippen LogP contribution is -2.54. The lowest BCUT2D eigenvalue weighted by Gasteiger charge is -2.45. The van der Waals surface area contributed by atoms with Gasteiger partial charge in [0.1, 0.15) is 0 Å². The summed E-state index contributed by atoms with van der Waals surface area (Å²) in [6.07, 6.45) is 8.55. The van der Waals surface area contributed by atoms with Crippen LogP contribution in [0.2, 0.25) is 0 Å². The Bertz CT molecular complexity index is 912. The van der Waals surface area contributed by atoms with E-state index >= 15 is 0 Å². The third-order valence-electron chi connectivity index (χ3n) is 8.38. The average Bonchev–Trinajstić information content (AvgIpc) is 3.49. The van der Waals surface area contributed by atoms with Crippen LogP contribution in [0.1, 0.15) is 67.6 Å². The van der Waals surface area contributed by atoms with Gasteiger partial charge in [0, 0.05) is 19.1 Å². The Labute approximate surface area is 177 Å². The van der Waals surface area contributed by atoms with E-state index in [-0.39, 0.29) is 23.5 Å². The Kier molecular flexibility index (Phi) is 4.10. The highest BCUT2D eigenvalue weighted by Gasteiger charge is 2.66. The van der Waals surface area contributed by atoms with Gasteiger partial charge < -0.3 is 15.2 Å². The average molecular weight is 410 g/mol. The van der Waals surface area contributed by atoms with Crippen LogP contribution in [0.4, 0.5) is 0 Å². The number of fused-ring (bicyclic) bond motifs is 3. The molecule has 3 fully saturated rings. The SMILES string of the molecule is CO[C@H]1CC[C@]2(CC1)Cc1ccc(C3CC3)cc1[C@]21N=C(N)N(CC2CCO2)C1=O. The molecule has 2 spiro atoms. The predicted molar refractivity (Wildman–Crippen MR) is 113 cm³/mol. The Balaban J connectivity index is 1.45. The maximum absolute atomic E-state index is 14.1. The van der Waals surface area contributed by atoms with Gasteiger partial charge in [-0.15, -0.1) is 0 Å². The standard InChI is InChI=1S/C24H31N3O3/c1-29-18-6-9-23(10-7-18)13-17-5-4-16(15-2-3-15)12-20(17)24(23)21(28)27(22(25)26-24)14-19-8-11-30-19/h4-5,12,15,18-19H,2-3,6-11,13-14H2,1H3,(H2,25,26)/t18-,19?,23-,24-/m1/s1. The summed E-state index contributed by atoms with van der Waals surface area (Å²) in [6.45, 7) is 1.29. The van der Waals surface area contributed by atoms with E-state index in [9.17, 15) is 4.79 Å². The first-order chi connectivity index (χ1) is 14.6. The molecule has 0 bridgehead atoms. The summed E-state index contributed by atoms with van der Waals surface area (Å²) in [7, 11) is 1.79. The molecule has 2 atom stereocenters. The lowest BCUT2D eigenvalue weighted by molar-refractivity contribution is -0.141. The van der Waals surface area contributed by atoms with Crippen molar-refractivity contribution >= 4 is 11.9 Å². The molecule has 5 aliphatic rings. The zero-order chi connectivity index (χ0) is 20.5. The zero-order valence-corrected chi connectivity index (χ0v) is 17.7. The van der Waals surface area contributed by atoms with E-state index in [1.165, 1.54) is 24.0 Å². The quantitative estimate of drug-likeness (QED) is 0.830. The lowest BCUT2D eigenvalue weighted by atomic mass is 9.61. The number of guanidine groups is 1. The molecule has 0 radical (unpaired) electrons. The summed E-state index contributed by atoms with van der Waals surface area (Å²) in [5.74, 6) is 1.08. The van der Waals surface area contributed by atoms with Crippen LogP contribution >= 0.6 is 0 Å². The van der Waals surface area contributed by atoms with Crippen molar-refractivity contribution in [2.75, 3.05) is 20.3 Å². The first-order valence-corrected chi connectivity index (χ1v) is 11.5. The molecule has 6 nitrogen and oxygen atoms in total. The van der Waals surface area contributed by atoms with Crippen molar-refractivity contribution in [3.63, 3.8) is 0 Å². The molecule has 1 aromatic carbocycles. The minimum atomic E-state index is -0.875. The maximum atomic E-state index is 14.1. The molecule has 0 aromatic heterocycles. The number of nitrogens with zero attached hydrogens (tertiary/aromatic N) is 2. The molecule has 2 N–H and O–H groups in total. The van der Waals surface area contributed by atoms with E-state index in [0.29, 0.717) is 18.4 Å². The molecule has 2 saturated carbocycles. The molecule has 6 heteroatoms. The van der Waals surface area contributed by atoms with Crippen LogP contribution in [-0.4, -0.2) is 49.2 Å². The number of amides is 1. The Morgan fingerprint density at radius 2 is 2.00 bits per heavy atom. The predicted octanol–water partition coefficient (Wildman–Crippen LogP) is 2.84. The van der Waals surface area contributed by atoms with Crippen molar-refractivity contribution < 1.29 is 14.3 Å². The fourth-order valence-corrected chi connectivity index (χ4v) is 6.36. The first-order valence-electron chi connectivity index (χ1n) is 11.5. The maximum Gasteiger partial charge on any atom is 0.262 e. The molecule has 1 saturated heterocycles. The molecule has 6 rings (SSSR count). The first kappa shape index (κ1) is 18.8. The Morgan fingerprint density at radius 1 is 1.23 bits per heavy atom. The Morgan fingerprint density at radius 3 is 2.63 bits per heavy atom. The fourth-order valence-electron chi connectivity index (χ4n) is 6.36. The van der Waals surface area contributed by atoms with E-state index in [0.717, 1.165) is 50.7 Å². The van der Waals surface area contributed by atoms with E-state index in [4.69, 9.17) is 20.2 Å². The molecule has 1 unspecified atom stereocenters. The van der Waals surface area contributed by atoms with Crippen LogP contribution in [0.15, 0.2) is 23.2 Å². The minimum Gasteiger partial charge on any atom is -0.381 e. The van der Waals surface area contributed by atoms with Gasteiger partial charge in [-0.25, -0.2) is 4.99 Å². The summed E-state index contributed by atoms with van der Waals surface area (Å²) in [6, 6.07) is 6.83. The van der Waals surface area contributed by atoms with Gasteiger partial charge in [0.05, 0.1) is 18.8 Å². The monoisotopic (exact) mass is 409 g/mol. The Hall–Kier alpha value is -1.92. The number of hydrogen-bond acceptors (Lipinski definition) is 5. The van der Waals surface area contributed by atoms with E-state index < -0.39 is 5.54 Å². The number of aliphatic imine (C=N–C) groups is 1. The van der Waals surface area contributed by atoms with E-state index in [1.54, 1.807) is 12.0 Å². The number of benzene rings is 1. The molecule has 1 aromatic rings. The molecule has 2 aliphatic heterocycles. The number of nitrogens with two attached hydrogens (primary N) is 1. The molecule has 160 valence electrons. The smallest absolute Gasteiger partial charge is 0.262 e. The van der Waals surface area contributed by atoms with Gasteiger partial charge in [-0.2, -0.15) is 0 Å². The number of rotatable bonds is 4. The molecular weight excluding hydrogens is 378 g/mol. The fraction of sp³-hybridized carbons (Fsp3) is 0.667. The summed E-state index contributed by atoms with van der Waals surface area (Å²) < 4.78 is 11.3. The summed E-state index contributed by atoms with van der Waals surface area (Å²) >= 11 is 0. The second kappa shape index (κ2) is 6.54. The summed E-state index contributed by atoms with van der Waals surface area (Å²) in [5.41, 5.74) is 9.11. The normalized spacial score (nSPS) is 37.6. The van der Waals surface area contributed by atoms with Crippen LogP contribution in [0.3, 0.4) is 0 Å². The second-order valence-corrected chi connectivity index (χ2v) is 9.96. The molecule has 30 heavy (non-hydrogen) atoms. The number of ether oxygens (including phenoxy) is 2.